The Morgan fingerprint density at radius 1 is 1.17 bits per heavy atom. The van der Waals surface area contributed by atoms with Crippen molar-refractivity contribution in [3.63, 3.8) is 0 Å². The molecule has 35 heavy (non-hydrogen) atoms. The van der Waals surface area contributed by atoms with E-state index in [1.54, 1.807) is 38.1 Å². The molecule has 0 fully saturated rings. The van der Waals surface area contributed by atoms with Crippen molar-refractivity contribution in [3.8, 4) is 5.75 Å². The molecule has 2 atom stereocenters. The summed E-state index contributed by atoms with van der Waals surface area (Å²) in [5.74, 6) is -0.281. The van der Waals surface area contributed by atoms with E-state index in [0.717, 1.165) is 27.6 Å². The summed E-state index contributed by atoms with van der Waals surface area (Å²) in [6.07, 6.45) is 1.16. The van der Waals surface area contributed by atoms with Gasteiger partial charge in [0.25, 0.3) is 0 Å². The first-order valence-electron chi connectivity index (χ1n) is 11.6. The van der Waals surface area contributed by atoms with Crippen molar-refractivity contribution in [2.75, 3.05) is 19.1 Å². The van der Waals surface area contributed by atoms with E-state index in [1.807, 2.05) is 42.5 Å². The van der Waals surface area contributed by atoms with Crippen LogP contribution < -0.4 is 26.0 Å². The highest BCUT2D eigenvalue weighted by atomic mass is 16.5. The lowest BCUT2D eigenvalue weighted by atomic mass is 10.00. The van der Waals surface area contributed by atoms with Crippen molar-refractivity contribution in [1.29, 1.82) is 0 Å². The molecule has 4 rings (SSSR count). The Balaban J connectivity index is 1.78. The predicted octanol–water partition coefficient (Wildman–Crippen LogP) is 2.52. The Labute approximate surface area is 204 Å². The quantitative estimate of drug-likeness (QED) is 0.487. The van der Waals surface area contributed by atoms with E-state index in [-0.39, 0.29) is 18.4 Å². The van der Waals surface area contributed by atoms with E-state index < -0.39 is 18.0 Å². The van der Waals surface area contributed by atoms with E-state index in [4.69, 9.17) is 10.5 Å². The minimum atomic E-state index is -0.659. The monoisotopic (exact) mass is 474 g/mol. The van der Waals surface area contributed by atoms with Crippen LogP contribution in [0.1, 0.15) is 34.8 Å². The van der Waals surface area contributed by atoms with Crippen LogP contribution >= 0.6 is 0 Å². The number of ether oxygens (including phenoxy) is 1. The van der Waals surface area contributed by atoms with Crippen LogP contribution in [-0.2, 0) is 22.6 Å². The SMILES string of the molecule is CN[C@@H](C)C(=O)N[C@H]1CCc2ccccc2N(Cc2c(OC)ccc3cc(C(N)=O)ccc23)C1=O. The molecule has 4 N–H and O–H groups in total. The van der Waals surface area contributed by atoms with Gasteiger partial charge in [0.15, 0.2) is 0 Å². The van der Waals surface area contributed by atoms with Crippen molar-refractivity contribution in [2.24, 2.45) is 5.73 Å². The smallest absolute Gasteiger partial charge is 0.249 e. The second-order valence-electron chi connectivity index (χ2n) is 8.71. The standard InChI is InChI=1S/C27H30N4O4/c1-16(29-2)26(33)30-22-12-9-17-6-4-5-7-23(17)31(27(22)34)15-21-20-11-8-19(25(28)32)14-18(20)10-13-24(21)35-3/h4-8,10-11,13-14,16,22,29H,9,12,15H2,1-3H3,(H2,28,32)(H,30,33)/t16-,22-/m0/s1. The zero-order valence-electron chi connectivity index (χ0n) is 20.1. The number of carbonyl (C=O) groups excluding carboxylic acids is 3. The first-order chi connectivity index (χ1) is 16.8. The maximum absolute atomic E-state index is 13.8. The van der Waals surface area contributed by atoms with Crippen LogP contribution in [0.3, 0.4) is 0 Å². The van der Waals surface area contributed by atoms with Gasteiger partial charge in [-0.25, -0.2) is 0 Å². The third-order valence-corrected chi connectivity index (χ3v) is 6.60. The molecular weight excluding hydrogens is 444 g/mol. The highest BCUT2D eigenvalue weighted by Crippen LogP contribution is 2.34. The number of para-hydroxylation sites is 1. The van der Waals surface area contributed by atoms with E-state index in [0.29, 0.717) is 24.2 Å². The molecule has 0 spiro atoms. The normalized spacial score (nSPS) is 16.4. The fourth-order valence-corrected chi connectivity index (χ4v) is 4.48. The van der Waals surface area contributed by atoms with Crippen LogP contribution in [-0.4, -0.2) is 44.0 Å². The number of nitrogens with zero attached hydrogens (tertiary/aromatic N) is 1. The number of amides is 3. The Hall–Kier alpha value is -3.91. The minimum absolute atomic E-state index is 0.181. The van der Waals surface area contributed by atoms with Crippen molar-refractivity contribution < 1.29 is 19.1 Å². The lowest BCUT2D eigenvalue weighted by molar-refractivity contribution is -0.128. The summed E-state index contributed by atoms with van der Waals surface area (Å²) in [4.78, 5) is 39.8. The lowest BCUT2D eigenvalue weighted by Gasteiger charge is -2.28. The third-order valence-electron chi connectivity index (χ3n) is 6.60. The van der Waals surface area contributed by atoms with Crippen LogP contribution in [0.25, 0.3) is 10.8 Å². The van der Waals surface area contributed by atoms with Gasteiger partial charge in [-0.15, -0.1) is 0 Å². The molecule has 0 bridgehead atoms. The molecule has 3 aromatic carbocycles. The average molecular weight is 475 g/mol. The number of hydrogen-bond donors (Lipinski definition) is 3. The molecule has 1 aliphatic heterocycles. The summed E-state index contributed by atoms with van der Waals surface area (Å²) in [5.41, 5.74) is 8.53. The number of nitrogens with two attached hydrogens (primary N) is 1. The van der Waals surface area contributed by atoms with Gasteiger partial charge in [-0.1, -0.05) is 30.3 Å². The molecule has 182 valence electrons. The molecule has 3 amide bonds. The van der Waals surface area contributed by atoms with Gasteiger partial charge in [-0.05, 0) is 67.4 Å². The highest BCUT2D eigenvalue weighted by Gasteiger charge is 2.33. The zero-order chi connectivity index (χ0) is 25.1. The Morgan fingerprint density at radius 2 is 1.94 bits per heavy atom. The number of nitrogens with one attached hydrogen (secondary N) is 2. The largest absolute Gasteiger partial charge is 0.496 e. The predicted molar refractivity (Wildman–Crippen MR) is 135 cm³/mol. The maximum Gasteiger partial charge on any atom is 0.249 e. The maximum atomic E-state index is 13.8. The van der Waals surface area contributed by atoms with Crippen LogP contribution in [0.15, 0.2) is 54.6 Å². The zero-order valence-corrected chi connectivity index (χ0v) is 20.1. The molecule has 3 aromatic rings. The summed E-state index contributed by atoms with van der Waals surface area (Å²) >= 11 is 0. The van der Waals surface area contributed by atoms with Crippen molar-refractivity contribution in [1.82, 2.24) is 10.6 Å². The molecule has 0 aromatic heterocycles. The fraction of sp³-hybridized carbons (Fsp3) is 0.296. The Bertz CT molecular complexity index is 1290. The lowest BCUT2D eigenvalue weighted by Crippen LogP contribution is -2.52. The molecule has 0 saturated carbocycles. The fourth-order valence-electron chi connectivity index (χ4n) is 4.48. The van der Waals surface area contributed by atoms with Crippen LogP contribution in [0.4, 0.5) is 5.69 Å². The number of likely N-dealkylation sites (N-methyl/N-ethyl adjacent to an activating group) is 1. The summed E-state index contributed by atoms with van der Waals surface area (Å²) in [6, 6.07) is 15.6. The van der Waals surface area contributed by atoms with E-state index >= 15 is 0 Å². The van der Waals surface area contributed by atoms with Gasteiger partial charge in [-0.3, -0.25) is 14.4 Å². The highest BCUT2D eigenvalue weighted by molar-refractivity contribution is 6.02. The number of fused-ring (bicyclic) bond motifs is 2. The summed E-state index contributed by atoms with van der Waals surface area (Å²) in [5, 5.41) is 7.51. The van der Waals surface area contributed by atoms with Gasteiger partial charge in [0.2, 0.25) is 17.7 Å². The van der Waals surface area contributed by atoms with Gasteiger partial charge in [-0.2, -0.15) is 0 Å². The number of carbonyl (C=O) groups is 3. The number of primary amides is 1. The van der Waals surface area contributed by atoms with Crippen molar-refractivity contribution in [2.45, 2.75) is 38.4 Å². The molecule has 8 heteroatoms. The summed E-state index contributed by atoms with van der Waals surface area (Å²) < 4.78 is 5.66. The van der Waals surface area contributed by atoms with Gasteiger partial charge >= 0.3 is 0 Å². The molecule has 8 nitrogen and oxygen atoms in total. The molecule has 0 unspecified atom stereocenters. The van der Waals surface area contributed by atoms with Gasteiger partial charge in [0.05, 0.1) is 19.7 Å². The number of methoxy groups -OCH3 is 1. The van der Waals surface area contributed by atoms with Crippen LogP contribution in [0, 0.1) is 0 Å². The third kappa shape index (κ3) is 4.83. The molecule has 0 aliphatic carbocycles. The summed E-state index contributed by atoms with van der Waals surface area (Å²) in [6.45, 7) is 1.99. The van der Waals surface area contributed by atoms with Crippen molar-refractivity contribution in [3.05, 3.63) is 71.3 Å². The van der Waals surface area contributed by atoms with E-state index in [1.165, 1.54) is 0 Å². The topological polar surface area (TPSA) is 114 Å². The first-order valence-corrected chi connectivity index (χ1v) is 11.6. The second-order valence-corrected chi connectivity index (χ2v) is 8.71. The van der Waals surface area contributed by atoms with Crippen molar-refractivity contribution >= 4 is 34.2 Å². The number of benzene rings is 3. The average Bonchev–Trinajstić information content (AvgIpc) is 3.00. The minimum Gasteiger partial charge on any atom is -0.496 e. The van der Waals surface area contributed by atoms with Gasteiger partial charge in [0.1, 0.15) is 11.8 Å². The molecular formula is C27H30N4O4. The van der Waals surface area contributed by atoms with Crippen LogP contribution in [0.2, 0.25) is 0 Å². The van der Waals surface area contributed by atoms with Gasteiger partial charge < -0.3 is 26.0 Å². The van der Waals surface area contributed by atoms with Gasteiger partial charge in [0, 0.05) is 16.8 Å². The number of anilines is 1. The second kappa shape index (κ2) is 10.1. The Kier molecular flexibility index (Phi) is 7.02. The van der Waals surface area contributed by atoms with E-state index in [9.17, 15) is 14.4 Å². The number of aryl methyl sites for hydroxylation is 1. The number of hydrogen-bond acceptors (Lipinski definition) is 5. The molecule has 0 saturated heterocycles. The molecule has 1 aliphatic rings. The summed E-state index contributed by atoms with van der Waals surface area (Å²) in [7, 11) is 3.29. The Morgan fingerprint density at radius 3 is 2.66 bits per heavy atom. The first kappa shape index (κ1) is 24.2. The van der Waals surface area contributed by atoms with Crippen LogP contribution in [0.5, 0.6) is 5.75 Å². The number of rotatable bonds is 7. The molecule has 0 radical (unpaired) electrons. The van der Waals surface area contributed by atoms with E-state index in [2.05, 4.69) is 10.6 Å². The molecule has 1 heterocycles.